The summed E-state index contributed by atoms with van der Waals surface area (Å²) in [4.78, 5) is 19.0. The Kier molecular flexibility index (Phi) is 6.17. The van der Waals surface area contributed by atoms with Gasteiger partial charge in [0, 0.05) is 44.3 Å². The van der Waals surface area contributed by atoms with Crippen molar-refractivity contribution in [2.45, 2.75) is 38.1 Å². The van der Waals surface area contributed by atoms with Crippen LogP contribution in [0.5, 0.6) is 0 Å². The number of hydrogen-bond acceptors (Lipinski definition) is 4. The number of aryl methyl sites for hydroxylation is 2. The van der Waals surface area contributed by atoms with Crippen molar-refractivity contribution in [1.29, 1.82) is 0 Å². The fraction of sp³-hybridized carbons (Fsp3) is 0.526. The minimum atomic E-state index is 0.0899. The zero-order valence-corrected chi connectivity index (χ0v) is 14.9. The summed E-state index contributed by atoms with van der Waals surface area (Å²) in [7, 11) is 1.90. The van der Waals surface area contributed by atoms with Crippen molar-refractivity contribution in [3.8, 4) is 0 Å². The van der Waals surface area contributed by atoms with Crippen molar-refractivity contribution in [3.05, 3.63) is 48.0 Å². The minimum absolute atomic E-state index is 0.0899. The third-order valence-corrected chi connectivity index (χ3v) is 4.92. The molecule has 1 fully saturated rings. The molecule has 0 bridgehead atoms. The fourth-order valence-electron chi connectivity index (χ4n) is 3.45. The van der Waals surface area contributed by atoms with Gasteiger partial charge in [-0.25, -0.2) is 0 Å². The van der Waals surface area contributed by atoms with E-state index >= 15 is 0 Å². The largest absolute Gasteiger partial charge is 0.354 e. The van der Waals surface area contributed by atoms with Crippen LogP contribution >= 0.6 is 0 Å². The smallest absolute Gasteiger partial charge is 0.220 e. The number of nitrogens with zero attached hydrogens (tertiary/aromatic N) is 4. The van der Waals surface area contributed by atoms with E-state index in [1.54, 1.807) is 12.4 Å². The van der Waals surface area contributed by atoms with Gasteiger partial charge >= 0.3 is 0 Å². The number of hydrogen-bond donors (Lipinski definition) is 1. The number of likely N-dealkylation sites (tertiary alicyclic amines) is 1. The van der Waals surface area contributed by atoms with Gasteiger partial charge in [-0.05, 0) is 50.0 Å². The molecule has 0 aromatic carbocycles. The first-order valence-electron chi connectivity index (χ1n) is 9.11. The molecule has 0 aliphatic carbocycles. The highest BCUT2D eigenvalue weighted by molar-refractivity contribution is 5.76. The molecule has 1 atom stereocenters. The van der Waals surface area contributed by atoms with Crippen LogP contribution in [0.2, 0.25) is 0 Å². The van der Waals surface area contributed by atoms with Gasteiger partial charge in [-0.2, -0.15) is 5.10 Å². The SMILES string of the molecule is Cn1nccc1CCC(=O)NCC(c1cccnc1)N1CCCCC1. The average Bonchev–Trinajstić information content (AvgIpc) is 3.07. The van der Waals surface area contributed by atoms with E-state index in [4.69, 9.17) is 0 Å². The van der Waals surface area contributed by atoms with E-state index < -0.39 is 0 Å². The van der Waals surface area contributed by atoms with E-state index in [1.807, 2.05) is 30.1 Å². The molecule has 1 aliphatic heterocycles. The molecule has 2 aromatic rings. The summed E-state index contributed by atoms with van der Waals surface area (Å²) in [6, 6.07) is 6.24. The van der Waals surface area contributed by atoms with Gasteiger partial charge in [0.05, 0.1) is 6.04 Å². The van der Waals surface area contributed by atoms with E-state index in [0.717, 1.165) is 18.8 Å². The second-order valence-electron chi connectivity index (χ2n) is 6.65. The molecule has 1 N–H and O–H groups in total. The van der Waals surface area contributed by atoms with Gasteiger partial charge in [0.1, 0.15) is 0 Å². The lowest BCUT2D eigenvalue weighted by Crippen LogP contribution is -2.40. The van der Waals surface area contributed by atoms with Crippen molar-refractivity contribution >= 4 is 5.91 Å². The molecule has 0 saturated carbocycles. The average molecular weight is 341 g/mol. The molecular formula is C19H27N5O. The van der Waals surface area contributed by atoms with Crippen LogP contribution in [0.3, 0.4) is 0 Å². The second kappa shape index (κ2) is 8.76. The Bertz CT molecular complexity index is 663. The first-order chi connectivity index (χ1) is 12.2. The maximum absolute atomic E-state index is 12.3. The maximum atomic E-state index is 12.3. The van der Waals surface area contributed by atoms with Gasteiger partial charge in [0.2, 0.25) is 5.91 Å². The zero-order valence-electron chi connectivity index (χ0n) is 14.9. The fourth-order valence-corrected chi connectivity index (χ4v) is 3.45. The van der Waals surface area contributed by atoms with E-state index in [1.165, 1.54) is 24.8 Å². The number of carbonyl (C=O) groups excluding carboxylic acids is 1. The maximum Gasteiger partial charge on any atom is 0.220 e. The predicted octanol–water partition coefficient (Wildman–Crippen LogP) is 2.09. The summed E-state index contributed by atoms with van der Waals surface area (Å²) < 4.78 is 1.82. The van der Waals surface area contributed by atoms with Crippen LogP contribution in [-0.2, 0) is 18.3 Å². The van der Waals surface area contributed by atoms with Crippen LogP contribution in [0.15, 0.2) is 36.8 Å². The molecule has 1 amide bonds. The normalized spacial score (nSPS) is 16.5. The molecule has 134 valence electrons. The Morgan fingerprint density at radius 2 is 2.08 bits per heavy atom. The zero-order chi connectivity index (χ0) is 17.5. The van der Waals surface area contributed by atoms with Crippen molar-refractivity contribution in [2.24, 2.45) is 7.05 Å². The van der Waals surface area contributed by atoms with Crippen LogP contribution < -0.4 is 5.32 Å². The lowest BCUT2D eigenvalue weighted by molar-refractivity contribution is -0.121. The molecule has 2 aromatic heterocycles. The number of piperidine rings is 1. The summed E-state index contributed by atoms with van der Waals surface area (Å²) in [5.41, 5.74) is 2.26. The highest BCUT2D eigenvalue weighted by atomic mass is 16.1. The van der Waals surface area contributed by atoms with Crippen LogP contribution in [0.1, 0.15) is 43.0 Å². The van der Waals surface area contributed by atoms with Crippen molar-refractivity contribution in [1.82, 2.24) is 25.0 Å². The summed E-state index contributed by atoms with van der Waals surface area (Å²) >= 11 is 0. The van der Waals surface area contributed by atoms with Gasteiger partial charge < -0.3 is 5.32 Å². The molecule has 1 saturated heterocycles. The van der Waals surface area contributed by atoms with Crippen molar-refractivity contribution in [2.75, 3.05) is 19.6 Å². The standard InChI is InChI=1S/C19H27N5O/c1-23-17(9-11-22-23)7-8-19(25)21-15-18(16-6-5-10-20-14-16)24-12-3-2-4-13-24/h5-6,9-11,14,18H,2-4,7-8,12-13,15H2,1H3,(H,21,25). The third-order valence-electron chi connectivity index (χ3n) is 4.92. The topological polar surface area (TPSA) is 63.1 Å². The molecular weight excluding hydrogens is 314 g/mol. The Morgan fingerprint density at radius 1 is 1.24 bits per heavy atom. The highest BCUT2D eigenvalue weighted by Crippen LogP contribution is 2.23. The van der Waals surface area contributed by atoms with Crippen LogP contribution in [0, 0.1) is 0 Å². The Balaban J connectivity index is 1.56. The van der Waals surface area contributed by atoms with Crippen molar-refractivity contribution < 1.29 is 4.79 Å². The number of rotatable bonds is 7. The number of carbonyl (C=O) groups is 1. The summed E-state index contributed by atoms with van der Waals surface area (Å²) in [5.74, 6) is 0.0899. The third kappa shape index (κ3) is 4.89. The van der Waals surface area contributed by atoms with Gasteiger partial charge in [-0.3, -0.25) is 19.4 Å². The Morgan fingerprint density at radius 3 is 2.76 bits per heavy atom. The summed E-state index contributed by atoms with van der Waals surface area (Å²) in [5, 5.41) is 7.26. The number of pyridine rings is 1. The predicted molar refractivity (Wildman–Crippen MR) is 96.9 cm³/mol. The lowest BCUT2D eigenvalue weighted by atomic mass is 10.0. The lowest BCUT2D eigenvalue weighted by Gasteiger charge is -2.34. The minimum Gasteiger partial charge on any atom is -0.354 e. The number of amides is 1. The van der Waals surface area contributed by atoms with E-state index in [0.29, 0.717) is 19.4 Å². The van der Waals surface area contributed by atoms with Gasteiger partial charge in [-0.15, -0.1) is 0 Å². The molecule has 6 nitrogen and oxygen atoms in total. The van der Waals surface area contributed by atoms with Gasteiger partial charge in [-0.1, -0.05) is 12.5 Å². The molecule has 3 rings (SSSR count). The first-order valence-corrected chi connectivity index (χ1v) is 9.11. The molecule has 1 aliphatic rings. The van der Waals surface area contributed by atoms with Gasteiger partial charge in [0.25, 0.3) is 0 Å². The molecule has 3 heterocycles. The summed E-state index contributed by atoms with van der Waals surface area (Å²) in [6.45, 7) is 2.81. The quantitative estimate of drug-likeness (QED) is 0.838. The molecule has 0 spiro atoms. The van der Waals surface area contributed by atoms with Crippen LogP contribution in [-0.4, -0.2) is 45.2 Å². The number of nitrogens with one attached hydrogen (secondary N) is 1. The monoisotopic (exact) mass is 341 g/mol. The molecule has 1 unspecified atom stereocenters. The van der Waals surface area contributed by atoms with Crippen LogP contribution in [0.25, 0.3) is 0 Å². The second-order valence-corrected chi connectivity index (χ2v) is 6.65. The van der Waals surface area contributed by atoms with E-state index in [-0.39, 0.29) is 11.9 Å². The Hall–Kier alpha value is -2.21. The first kappa shape index (κ1) is 17.6. The van der Waals surface area contributed by atoms with Gasteiger partial charge in [0.15, 0.2) is 0 Å². The molecule has 25 heavy (non-hydrogen) atoms. The summed E-state index contributed by atoms with van der Waals surface area (Å²) in [6.07, 6.45) is 10.4. The number of aromatic nitrogens is 3. The van der Waals surface area contributed by atoms with E-state index in [2.05, 4.69) is 26.4 Å². The molecule has 6 heteroatoms. The van der Waals surface area contributed by atoms with Crippen molar-refractivity contribution in [3.63, 3.8) is 0 Å². The highest BCUT2D eigenvalue weighted by Gasteiger charge is 2.23. The Labute approximate surface area is 149 Å². The van der Waals surface area contributed by atoms with E-state index in [9.17, 15) is 4.79 Å². The van der Waals surface area contributed by atoms with Crippen LogP contribution in [0.4, 0.5) is 0 Å². The molecule has 0 radical (unpaired) electrons.